The van der Waals surface area contributed by atoms with Gasteiger partial charge in [0, 0.05) is 24.3 Å². The highest BCUT2D eigenvalue weighted by atomic mass is 19.1. The average molecular weight is 454 g/mol. The summed E-state index contributed by atoms with van der Waals surface area (Å²) in [6.07, 6.45) is 1.54. The van der Waals surface area contributed by atoms with Gasteiger partial charge in [0.25, 0.3) is 0 Å². The molecule has 0 unspecified atom stereocenters. The summed E-state index contributed by atoms with van der Waals surface area (Å²) in [7, 11) is 1.55. The van der Waals surface area contributed by atoms with E-state index in [9.17, 15) is 14.0 Å². The molecule has 1 aromatic heterocycles. The first-order chi connectivity index (χ1) is 15.9. The second-order valence-corrected chi connectivity index (χ2v) is 7.84. The van der Waals surface area contributed by atoms with E-state index < -0.39 is 6.03 Å². The van der Waals surface area contributed by atoms with Crippen LogP contribution in [0.3, 0.4) is 0 Å². The number of nitrogens with zero attached hydrogens (tertiary/aromatic N) is 2. The zero-order valence-corrected chi connectivity index (χ0v) is 19.0. The molecule has 0 saturated carbocycles. The molecule has 3 rings (SSSR count). The number of urea groups is 1. The van der Waals surface area contributed by atoms with Crippen LogP contribution in [0.15, 0.2) is 71.3 Å². The molecular formula is C25H28FN3O4. The quantitative estimate of drug-likeness (QED) is 0.500. The highest BCUT2D eigenvalue weighted by Crippen LogP contribution is 2.18. The molecule has 1 N–H and O–H groups in total. The van der Waals surface area contributed by atoms with Crippen LogP contribution in [0, 0.1) is 5.82 Å². The van der Waals surface area contributed by atoms with Crippen LogP contribution < -0.4 is 10.1 Å². The number of ether oxygens (including phenoxy) is 1. The Labute approximate surface area is 192 Å². The number of rotatable bonds is 9. The van der Waals surface area contributed by atoms with Crippen LogP contribution in [0.25, 0.3) is 0 Å². The topological polar surface area (TPSA) is 75.0 Å². The van der Waals surface area contributed by atoms with Crippen molar-refractivity contribution in [2.75, 3.05) is 19.0 Å². The smallest absolute Gasteiger partial charge is 0.322 e. The fourth-order valence-electron chi connectivity index (χ4n) is 3.26. The number of halogens is 1. The fourth-order valence-corrected chi connectivity index (χ4v) is 3.26. The lowest BCUT2D eigenvalue weighted by Gasteiger charge is -2.30. The number of carbonyl (C=O) groups is 2. The highest BCUT2D eigenvalue weighted by molar-refractivity contribution is 5.92. The molecule has 174 valence electrons. The summed E-state index contributed by atoms with van der Waals surface area (Å²) in [6, 6.07) is 15.9. The molecule has 0 atom stereocenters. The number of nitrogens with one attached hydrogen (secondary N) is 1. The van der Waals surface area contributed by atoms with E-state index in [1.807, 2.05) is 13.8 Å². The molecule has 3 amide bonds. The van der Waals surface area contributed by atoms with E-state index in [1.54, 1.807) is 60.5 Å². The Morgan fingerprint density at radius 1 is 1.06 bits per heavy atom. The minimum Gasteiger partial charge on any atom is -0.497 e. The van der Waals surface area contributed by atoms with E-state index in [0.717, 1.165) is 5.56 Å². The molecule has 0 saturated heterocycles. The van der Waals surface area contributed by atoms with Crippen LogP contribution in [-0.4, -0.2) is 41.4 Å². The van der Waals surface area contributed by atoms with Crippen molar-refractivity contribution in [3.8, 4) is 5.75 Å². The summed E-state index contributed by atoms with van der Waals surface area (Å²) in [5.41, 5.74) is 1.34. The summed E-state index contributed by atoms with van der Waals surface area (Å²) < 4.78 is 23.9. The predicted molar refractivity (Wildman–Crippen MR) is 123 cm³/mol. The summed E-state index contributed by atoms with van der Waals surface area (Å²) >= 11 is 0. The second kappa shape index (κ2) is 11.2. The molecule has 33 heavy (non-hydrogen) atoms. The van der Waals surface area contributed by atoms with Gasteiger partial charge in [-0.25, -0.2) is 9.18 Å². The number of hydrogen-bond acceptors (Lipinski definition) is 4. The third kappa shape index (κ3) is 6.83. The van der Waals surface area contributed by atoms with Crippen molar-refractivity contribution in [2.45, 2.75) is 33.0 Å². The Hall–Kier alpha value is -3.81. The van der Waals surface area contributed by atoms with Crippen LogP contribution in [-0.2, 0) is 17.9 Å². The molecule has 0 radical (unpaired) electrons. The molecule has 0 aliphatic rings. The van der Waals surface area contributed by atoms with Crippen molar-refractivity contribution in [1.82, 2.24) is 9.80 Å². The van der Waals surface area contributed by atoms with E-state index in [2.05, 4.69) is 5.32 Å². The van der Waals surface area contributed by atoms with Crippen molar-refractivity contribution in [3.63, 3.8) is 0 Å². The van der Waals surface area contributed by atoms with Gasteiger partial charge in [-0.05, 0) is 55.8 Å². The van der Waals surface area contributed by atoms with Crippen LogP contribution in [0.1, 0.15) is 25.2 Å². The van der Waals surface area contributed by atoms with Gasteiger partial charge in [-0.1, -0.05) is 18.2 Å². The molecule has 2 aromatic carbocycles. The third-order valence-corrected chi connectivity index (χ3v) is 5.08. The lowest BCUT2D eigenvalue weighted by Crippen LogP contribution is -2.47. The normalized spacial score (nSPS) is 10.7. The molecule has 0 aliphatic heterocycles. The van der Waals surface area contributed by atoms with E-state index in [0.29, 0.717) is 17.2 Å². The molecule has 0 spiro atoms. The molecule has 0 bridgehead atoms. The number of amides is 3. The predicted octanol–water partition coefficient (Wildman–Crippen LogP) is 4.90. The number of carbonyl (C=O) groups excluding carboxylic acids is 2. The van der Waals surface area contributed by atoms with Gasteiger partial charge in [-0.2, -0.15) is 0 Å². The number of benzene rings is 2. The molecule has 3 aromatic rings. The first kappa shape index (κ1) is 23.8. The van der Waals surface area contributed by atoms with Gasteiger partial charge in [-0.3, -0.25) is 4.79 Å². The van der Waals surface area contributed by atoms with Gasteiger partial charge >= 0.3 is 6.03 Å². The maximum Gasteiger partial charge on any atom is 0.322 e. The zero-order chi connectivity index (χ0) is 23.8. The van der Waals surface area contributed by atoms with E-state index in [-0.39, 0.29) is 37.4 Å². The fraction of sp³-hybridized carbons (Fsp3) is 0.280. The van der Waals surface area contributed by atoms with Crippen LogP contribution in [0.4, 0.5) is 14.9 Å². The molecule has 0 fully saturated rings. The minimum atomic E-state index is -0.397. The van der Waals surface area contributed by atoms with Gasteiger partial charge in [-0.15, -0.1) is 0 Å². The van der Waals surface area contributed by atoms with Gasteiger partial charge in [0.15, 0.2) is 0 Å². The number of furan rings is 1. The van der Waals surface area contributed by atoms with Crippen molar-refractivity contribution in [3.05, 3.63) is 84.1 Å². The monoisotopic (exact) mass is 453 g/mol. The van der Waals surface area contributed by atoms with Gasteiger partial charge in [0.1, 0.15) is 23.9 Å². The number of methoxy groups -OCH3 is 1. The van der Waals surface area contributed by atoms with E-state index >= 15 is 0 Å². The first-order valence-corrected chi connectivity index (χ1v) is 10.6. The third-order valence-electron chi connectivity index (χ3n) is 5.08. The summed E-state index contributed by atoms with van der Waals surface area (Å²) in [5.74, 6) is 0.624. The number of anilines is 1. The van der Waals surface area contributed by atoms with Crippen LogP contribution in [0.5, 0.6) is 5.75 Å². The summed E-state index contributed by atoms with van der Waals surface area (Å²) in [5, 5.41) is 2.82. The summed E-state index contributed by atoms with van der Waals surface area (Å²) in [4.78, 5) is 29.3. The van der Waals surface area contributed by atoms with Gasteiger partial charge < -0.3 is 24.3 Å². The lowest BCUT2D eigenvalue weighted by molar-refractivity contribution is -0.133. The lowest BCUT2D eigenvalue weighted by atomic mass is 10.2. The van der Waals surface area contributed by atoms with E-state index in [4.69, 9.17) is 9.15 Å². The highest BCUT2D eigenvalue weighted by Gasteiger charge is 2.24. The maximum atomic E-state index is 13.3. The minimum absolute atomic E-state index is 0.130. The Morgan fingerprint density at radius 2 is 1.82 bits per heavy atom. The molecule has 0 aliphatic carbocycles. The Bertz CT molecular complexity index is 1050. The maximum absolute atomic E-state index is 13.3. The standard InChI is InChI=1S/C25H28FN3O4/c1-18(2)29(25(31)27-21-6-4-7-22(14-21)32-3)17-24(30)28(16-23-8-5-13-33-23)15-19-9-11-20(26)12-10-19/h4-14,18H,15-17H2,1-3H3,(H,27,31). The molecule has 7 nitrogen and oxygen atoms in total. The second-order valence-electron chi connectivity index (χ2n) is 7.84. The average Bonchev–Trinajstić information content (AvgIpc) is 3.31. The largest absolute Gasteiger partial charge is 0.497 e. The Morgan fingerprint density at radius 3 is 2.45 bits per heavy atom. The van der Waals surface area contributed by atoms with Crippen molar-refractivity contribution < 1.29 is 23.1 Å². The SMILES string of the molecule is COc1cccc(NC(=O)N(CC(=O)N(Cc2ccc(F)cc2)Cc2ccco2)C(C)C)c1. The molecular weight excluding hydrogens is 425 g/mol. The van der Waals surface area contributed by atoms with E-state index in [1.165, 1.54) is 23.3 Å². The Kier molecular flexibility index (Phi) is 8.07. The van der Waals surface area contributed by atoms with Crippen molar-refractivity contribution >= 4 is 17.6 Å². The first-order valence-electron chi connectivity index (χ1n) is 10.6. The number of hydrogen-bond donors (Lipinski definition) is 1. The molecule has 1 heterocycles. The summed E-state index contributed by atoms with van der Waals surface area (Å²) in [6.45, 7) is 4.04. The zero-order valence-electron chi connectivity index (χ0n) is 19.0. The van der Waals surface area contributed by atoms with Crippen LogP contribution >= 0.6 is 0 Å². The molecule has 8 heteroatoms. The van der Waals surface area contributed by atoms with Gasteiger partial charge in [0.05, 0.1) is 19.9 Å². The van der Waals surface area contributed by atoms with Gasteiger partial charge in [0.2, 0.25) is 5.91 Å². The van der Waals surface area contributed by atoms with Crippen LogP contribution in [0.2, 0.25) is 0 Å². The Balaban J connectivity index is 1.74. The van der Waals surface area contributed by atoms with Crippen molar-refractivity contribution in [2.24, 2.45) is 0 Å². The van der Waals surface area contributed by atoms with Crippen molar-refractivity contribution in [1.29, 1.82) is 0 Å².